The Hall–Kier alpha value is -3.14. The monoisotopic (exact) mass is 472 g/mol. The first-order valence-corrected chi connectivity index (χ1v) is 12.1. The van der Waals surface area contributed by atoms with Crippen LogP contribution in [0.5, 0.6) is 0 Å². The van der Waals surface area contributed by atoms with Crippen LogP contribution < -0.4 is 5.73 Å². The number of hydrogen-bond acceptors (Lipinski definition) is 7. The van der Waals surface area contributed by atoms with Gasteiger partial charge in [-0.05, 0) is 43.2 Å². The van der Waals surface area contributed by atoms with Gasteiger partial charge in [0, 0.05) is 38.2 Å². The van der Waals surface area contributed by atoms with Gasteiger partial charge in [-0.25, -0.2) is 12.8 Å². The number of halogens is 1. The van der Waals surface area contributed by atoms with Gasteiger partial charge < -0.3 is 10.6 Å². The number of Topliss-reactive ketones (excluding diaryl/α,β-unsaturated/α-hetero) is 1. The number of aryl methyl sites for hydroxylation is 1. The van der Waals surface area contributed by atoms with E-state index < -0.39 is 31.7 Å². The third-order valence-electron chi connectivity index (χ3n) is 6.41. The molecule has 2 aromatic rings. The molecule has 2 N–H and O–H groups in total. The Labute approximate surface area is 191 Å². The third-order valence-corrected chi connectivity index (χ3v) is 9.01. The van der Waals surface area contributed by atoms with Crippen LogP contribution in [0.2, 0.25) is 0 Å². The number of pyridine rings is 1. The quantitative estimate of drug-likeness (QED) is 0.674. The topological polar surface area (TPSA) is 123 Å². The van der Waals surface area contributed by atoms with Crippen molar-refractivity contribution in [1.82, 2.24) is 9.88 Å². The van der Waals surface area contributed by atoms with Crippen molar-refractivity contribution in [2.75, 3.05) is 18.8 Å². The van der Waals surface area contributed by atoms with E-state index in [1.807, 2.05) is 6.92 Å². The molecule has 4 rings (SSSR count). The lowest BCUT2D eigenvalue weighted by atomic mass is 9.89. The predicted molar refractivity (Wildman–Crippen MR) is 121 cm³/mol. The zero-order valence-corrected chi connectivity index (χ0v) is 19.4. The Morgan fingerprint density at radius 2 is 1.91 bits per heavy atom. The van der Waals surface area contributed by atoms with Crippen molar-refractivity contribution in [2.45, 2.75) is 37.5 Å². The second-order valence-corrected chi connectivity index (χ2v) is 11.3. The van der Waals surface area contributed by atoms with Crippen LogP contribution in [0.4, 0.5) is 4.39 Å². The highest BCUT2D eigenvalue weighted by Crippen LogP contribution is 2.42. The lowest BCUT2D eigenvalue weighted by Crippen LogP contribution is -2.75. The lowest BCUT2D eigenvalue weighted by molar-refractivity contribution is -0.132. The van der Waals surface area contributed by atoms with Crippen LogP contribution in [0.25, 0.3) is 0 Å². The van der Waals surface area contributed by atoms with E-state index >= 15 is 0 Å². The number of hydrogen-bond donors (Lipinski definition) is 1. The van der Waals surface area contributed by atoms with Crippen LogP contribution >= 0.6 is 0 Å². The molecular formula is C23H25FN4O4S. The second kappa shape index (κ2) is 7.72. The number of benzene rings is 1. The smallest absolute Gasteiger partial charge is 0.219 e. The number of amides is 1. The molecule has 3 heterocycles. The highest BCUT2D eigenvalue weighted by atomic mass is 32.2. The van der Waals surface area contributed by atoms with Gasteiger partial charge >= 0.3 is 0 Å². The first-order valence-electron chi connectivity index (χ1n) is 10.5. The molecule has 0 bridgehead atoms. The van der Waals surface area contributed by atoms with Crippen LogP contribution in [-0.2, 0) is 26.6 Å². The van der Waals surface area contributed by atoms with Crippen molar-refractivity contribution in [1.29, 1.82) is 0 Å². The average molecular weight is 473 g/mol. The van der Waals surface area contributed by atoms with Gasteiger partial charge in [-0.2, -0.15) is 0 Å². The maximum absolute atomic E-state index is 14.9. The zero-order chi connectivity index (χ0) is 24.2. The maximum atomic E-state index is 14.9. The first kappa shape index (κ1) is 23.0. The van der Waals surface area contributed by atoms with E-state index in [1.54, 1.807) is 18.3 Å². The van der Waals surface area contributed by atoms with Gasteiger partial charge in [0.05, 0.1) is 5.75 Å². The van der Waals surface area contributed by atoms with Gasteiger partial charge in [-0.15, -0.1) is 0 Å². The molecule has 1 atom stereocenters. The molecule has 174 valence electrons. The molecule has 1 aromatic heterocycles. The molecule has 33 heavy (non-hydrogen) atoms. The molecule has 0 unspecified atom stereocenters. The summed E-state index contributed by atoms with van der Waals surface area (Å²) in [5.74, 6) is -1.71. The summed E-state index contributed by atoms with van der Waals surface area (Å²) in [6.07, 6.45) is 1.57. The maximum Gasteiger partial charge on any atom is 0.219 e. The molecule has 10 heteroatoms. The minimum absolute atomic E-state index is 0.0249. The Morgan fingerprint density at radius 1 is 1.21 bits per heavy atom. The molecule has 1 spiro atoms. The van der Waals surface area contributed by atoms with Crippen LogP contribution in [0.15, 0.2) is 41.5 Å². The van der Waals surface area contributed by atoms with Gasteiger partial charge in [0.2, 0.25) is 5.91 Å². The van der Waals surface area contributed by atoms with Crippen molar-refractivity contribution >= 4 is 27.4 Å². The SMILES string of the molecule is CC(=O)N1CC2(C1)C(N)=N[C@](C)(c1cc(CC(=O)c3ccc(C)cn3)ccc1F)CS2(=O)=O. The molecular weight excluding hydrogens is 447 g/mol. The minimum atomic E-state index is -3.85. The molecule has 2 aliphatic rings. The van der Waals surface area contributed by atoms with Gasteiger partial charge in [0.15, 0.2) is 20.4 Å². The number of amidine groups is 1. The fourth-order valence-corrected chi connectivity index (χ4v) is 6.67. The number of rotatable bonds is 4. The molecule has 1 amide bonds. The molecule has 1 aromatic carbocycles. The van der Waals surface area contributed by atoms with Gasteiger partial charge in [-0.3, -0.25) is 19.6 Å². The van der Waals surface area contributed by atoms with Crippen LogP contribution in [-0.4, -0.2) is 59.4 Å². The first-order chi connectivity index (χ1) is 15.4. The Balaban J connectivity index is 1.66. The number of ketones is 1. The summed E-state index contributed by atoms with van der Waals surface area (Å²) >= 11 is 0. The van der Waals surface area contributed by atoms with E-state index in [1.165, 1.54) is 36.9 Å². The molecule has 0 aliphatic carbocycles. The number of aliphatic imine (C=N–C) groups is 1. The van der Waals surface area contributed by atoms with Gasteiger partial charge in [0.1, 0.15) is 22.9 Å². The van der Waals surface area contributed by atoms with E-state index in [0.717, 1.165) is 5.56 Å². The average Bonchev–Trinajstić information content (AvgIpc) is 2.67. The predicted octanol–water partition coefficient (Wildman–Crippen LogP) is 1.56. The summed E-state index contributed by atoms with van der Waals surface area (Å²) in [6, 6.07) is 7.57. The molecule has 2 aliphatic heterocycles. The third kappa shape index (κ3) is 3.82. The fourth-order valence-electron chi connectivity index (χ4n) is 4.36. The summed E-state index contributed by atoms with van der Waals surface area (Å²) in [5, 5.41) is 0. The Morgan fingerprint density at radius 3 is 2.48 bits per heavy atom. The summed E-state index contributed by atoms with van der Waals surface area (Å²) in [5.41, 5.74) is 6.45. The van der Waals surface area contributed by atoms with Crippen LogP contribution in [0.3, 0.4) is 0 Å². The van der Waals surface area contributed by atoms with Crippen molar-refractivity contribution in [2.24, 2.45) is 10.7 Å². The molecule has 1 fully saturated rings. The summed E-state index contributed by atoms with van der Waals surface area (Å²) in [6.45, 7) is 4.61. The highest BCUT2D eigenvalue weighted by Gasteiger charge is 2.61. The molecule has 0 radical (unpaired) electrons. The second-order valence-electron chi connectivity index (χ2n) is 9.03. The largest absolute Gasteiger partial charge is 0.386 e. The number of sulfone groups is 1. The number of nitrogens with two attached hydrogens (primary N) is 1. The number of carbonyl (C=O) groups excluding carboxylic acids is 2. The Bertz CT molecular complexity index is 1280. The van der Waals surface area contributed by atoms with Crippen LogP contribution in [0.1, 0.15) is 41.0 Å². The van der Waals surface area contributed by atoms with Crippen LogP contribution in [0, 0.1) is 12.7 Å². The fraction of sp³-hybridized carbons (Fsp3) is 0.391. The van der Waals surface area contributed by atoms with Crippen molar-refractivity contribution in [3.63, 3.8) is 0 Å². The zero-order valence-electron chi connectivity index (χ0n) is 18.6. The van der Waals surface area contributed by atoms with Crippen molar-refractivity contribution in [3.05, 3.63) is 64.7 Å². The Kier molecular flexibility index (Phi) is 5.39. The van der Waals surface area contributed by atoms with E-state index in [-0.39, 0.29) is 42.6 Å². The number of aromatic nitrogens is 1. The normalized spacial score (nSPS) is 23.0. The molecule has 1 saturated heterocycles. The standard InChI is InChI=1S/C23H25FN4O4S/c1-14-4-7-19(26-10-14)20(30)9-16-5-6-18(24)17(8-16)22(3)13-33(31,32)23(21(25)27-22)11-28(12-23)15(2)29/h4-8,10H,9,11-13H2,1-3H3,(H2,25,27)/t22-/m0/s1. The molecule has 0 saturated carbocycles. The summed E-state index contributed by atoms with van der Waals surface area (Å²) in [7, 11) is -3.85. The number of carbonyl (C=O) groups is 2. The summed E-state index contributed by atoms with van der Waals surface area (Å²) in [4.78, 5) is 34.1. The van der Waals surface area contributed by atoms with Crippen molar-refractivity contribution in [3.8, 4) is 0 Å². The number of likely N-dealkylation sites (tertiary alicyclic amines) is 1. The molecule has 8 nitrogen and oxygen atoms in total. The van der Waals surface area contributed by atoms with Gasteiger partial charge in [-0.1, -0.05) is 12.1 Å². The minimum Gasteiger partial charge on any atom is -0.386 e. The number of nitrogens with zero attached hydrogens (tertiary/aromatic N) is 3. The van der Waals surface area contributed by atoms with Crippen molar-refractivity contribution < 1.29 is 22.4 Å². The van der Waals surface area contributed by atoms with E-state index in [9.17, 15) is 22.4 Å². The highest BCUT2D eigenvalue weighted by molar-refractivity contribution is 7.93. The van der Waals surface area contributed by atoms with E-state index in [4.69, 9.17) is 5.73 Å². The van der Waals surface area contributed by atoms with E-state index in [0.29, 0.717) is 11.3 Å². The summed E-state index contributed by atoms with van der Waals surface area (Å²) < 4.78 is 40.0. The van der Waals surface area contributed by atoms with Gasteiger partial charge in [0.25, 0.3) is 0 Å². The van der Waals surface area contributed by atoms with E-state index in [2.05, 4.69) is 9.98 Å². The lowest BCUT2D eigenvalue weighted by Gasteiger charge is -2.51.